The van der Waals surface area contributed by atoms with Crippen LogP contribution in [0.2, 0.25) is 0 Å². The quantitative estimate of drug-likeness (QED) is 0.788. The fourth-order valence-corrected chi connectivity index (χ4v) is 3.51. The van der Waals surface area contributed by atoms with Crippen molar-refractivity contribution in [3.8, 4) is 0 Å². The molecule has 110 valence electrons. The average Bonchev–Trinajstić information content (AvgIpc) is 2.99. The number of aromatic nitrogens is 3. The van der Waals surface area contributed by atoms with Gasteiger partial charge in [0.15, 0.2) is 0 Å². The number of nitrogens with zero attached hydrogens (tertiary/aromatic N) is 3. The van der Waals surface area contributed by atoms with Gasteiger partial charge in [-0.2, -0.15) is 5.10 Å². The van der Waals surface area contributed by atoms with Gasteiger partial charge in [-0.3, -0.25) is 4.68 Å². The van der Waals surface area contributed by atoms with E-state index in [9.17, 15) is 0 Å². The van der Waals surface area contributed by atoms with Crippen LogP contribution in [0.3, 0.4) is 0 Å². The van der Waals surface area contributed by atoms with E-state index in [0.29, 0.717) is 6.54 Å². The predicted octanol–water partition coefficient (Wildman–Crippen LogP) is 3.21. The normalized spacial score (nSPS) is 11.4. The first-order valence-corrected chi connectivity index (χ1v) is 7.92. The van der Waals surface area contributed by atoms with E-state index < -0.39 is 0 Å². The molecule has 3 aromatic rings. The van der Waals surface area contributed by atoms with Gasteiger partial charge in [0.2, 0.25) is 0 Å². The lowest BCUT2D eigenvalue weighted by Gasteiger charge is -2.10. The molecule has 0 atom stereocenters. The predicted molar refractivity (Wildman–Crippen MR) is 89.2 cm³/mol. The SMILES string of the molecule is CCc1nn(C)c(Cn2c(CN)cc3ccccc32)c1Br. The largest absolute Gasteiger partial charge is 0.337 e. The van der Waals surface area contributed by atoms with Crippen molar-refractivity contribution in [3.05, 3.63) is 51.9 Å². The molecule has 0 aliphatic carbocycles. The zero-order valence-electron chi connectivity index (χ0n) is 12.3. The van der Waals surface area contributed by atoms with E-state index in [2.05, 4.69) is 62.9 Å². The molecular weight excluding hydrogens is 328 g/mol. The summed E-state index contributed by atoms with van der Waals surface area (Å²) in [6.45, 7) is 3.42. The van der Waals surface area contributed by atoms with Crippen LogP contribution in [0, 0.1) is 0 Å². The molecule has 0 spiro atoms. The lowest BCUT2D eigenvalue weighted by molar-refractivity contribution is 0.655. The summed E-state index contributed by atoms with van der Waals surface area (Å²) >= 11 is 3.69. The molecule has 1 aromatic carbocycles. The van der Waals surface area contributed by atoms with Gasteiger partial charge in [0, 0.05) is 24.8 Å². The third kappa shape index (κ3) is 2.40. The summed E-state index contributed by atoms with van der Waals surface area (Å²) in [5, 5.41) is 5.80. The smallest absolute Gasteiger partial charge is 0.0767 e. The Bertz CT molecular complexity index is 785. The molecule has 0 aliphatic heterocycles. The van der Waals surface area contributed by atoms with Crippen molar-refractivity contribution in [2.75, 3.05) is 0 Å². The maximum Gasteiger partial charge on any atom is 0.0767 e. The van der Waals surface area contributed by atoms with E-state index in [4.69, 9.17) is 5.73 Å². The molecule has 2 aromatic heterocycles. The highest BCUT2D eigenvalue weighted by molar-refractivity contribution is 9.10. The number of halogens is 1. The summed E-state index contributed by atoms with van der Waals surface area (Å²) in [7, 11) is 1.99. The number of hydrogen-bond acceptors (Lipinski definition) is 2. The number of nitrogens with two attached hydrogens (primary N) is 1. The van der Waals surface area contributed by atoms with Crippen LogP contribution in [0.5, 0.6) is 0 Å². The molecule has 0 saturated carbocycles. The van der Waals surface area contributed by atoms with Gasteiger partial charge in [-0.25, -0.2) is 0 Å². The van der Waals surface area contributed by atoms with Crippen LogP contribution in [0.25, 0.3) is 10.9 Å². The van der Waals surface area contributed by atoms with Gasteiger partial charge in [0.1, 0.15) is 0 Å². The van der Waals surface area contributed by atoms with E-state index in [1.165, 1.54) is 16.6 Å². The van der Waals surface area contributed by atoms with Gasteiger partial charge >= 0.3 is 0 Å². The number of hydrogen-bond donors (Lipinski definition) is 1. The molecule has 2 heterocycles. The maximum absolute atomic E-state index is 5.92. The monoisotopic (exact) mass is 346 g/mol. The second-order valence-corrected chi connectivity index (χ2v) is 5.96. The molecular formula is C16H19BrN4. The van der Waals surface area contributed by atoms with Gasteiger partial charge in [0.05, 0.1) is 22.4 Å². The Balaban J connectivity index is 2.11. The van der Waals surface area contributed by atoms with Crippen molar-refractivity contribution < 1.29 is 0 Å². The van der Waals surface area contributed by atoms with E-state index >= 15 is 0 Å². The number of benzene rings is 1. The molecule has 2 N–H and O–H groups in total. The van der Waals surface area contributed by atoms with E-state index in [1.807, 2.05) is 11.7 Å². The Morgan fingerprint density at radius 1 is 1.29 bits per heavy atom. The Morgan fingerprint density at radius 3 is 2.71 bits per heavy atom. The zero-order valence-corrected chi connectivity index (χ0v) is 13.9. The molecule has 0 unspecified atom stereocenters. The third-order valence-corrected chi connectivity index (χ3v) is 4.83. The molecule has 0 radical (unpaired) electrons. The Labute approximate surface area is 132 Å². The van der Waals surface area contributed by atoms with Gasteiger partial charge in [-0.1, -0.05) is 25.1 Å². The lowest BCUT2D eigenvalue weighted by Crippen LogP contribution is -2.11. The van der Waals surface area contributed by atoms with Crippen molar-refractivity contribution >= 4 is 26.8 Å². The van der Waals surface area contributed by atoms with E-state index in [1.54, 1.807) is 0 Å². The minimum Gasteiger partial charge on any atom is -0.337 e. The van der Waals surface area contributed by atoms with Crippen LogP contribution >= 0.6 is 15.9 Å². The van der Waals surface area contributed by atoms with Crippen LogP contribution in [-0.2, 0) is 26.6 Å². The highest BCUT2D eigenvalue weighted by Crippen LogP contribution is 2.26. The maximum atomic E-state index is 5.92. The van der Waals surface area contributed by atoms with Crippen molar-refractivity contribution in [1.82, 2.24) is 14.3 Å². The minimum absolute atomic E-state index is 0.533. The summed E-state index contributed by atoms with van der Waals surface area (Å²) in [6.07, 6.45) is 0.921. The fourth-order valence-electron chi connectivity index (χ4n) is 2.76. The molecule has 5 heteroatoms. The fraction of sp³-hybridized carbons (Fsp3) is 0.312. The molecule has 0 amide bonds. The average molecular weight is 347 g/mol. The second-order valence-electron chi connectivity index (χ2n) is 5.17. The lowest BCUT2D eigenvalue weighted by atomic mass is 10.2. The van der Waals surface area contributed by atoms with Crippen LogP contribution < -0.4 is 5.73 Å². The first kappa shape index (κ1) is 14.4. The molecule has 0 saturated heterocycles. The van der Waals surface area contributed by atoms with Crippen LogP contribution in [0.15, 0.2) is 34.8 Å². The van der Waals surface area contributed by atoms with Crippen LogP contribution in [-0.4, -0.2) is 14.3 Å². The molecule has 0 aliphatic rings. The summed E-state index contributed by atoms with van der Waals surface area (Å²) in [6, 6.07) is 10.6. The van der Waals surface area contributed by atoms with Gasteiger partial charge in [-0.05, 0) is 39.9 Å². The van der Waals surface area contributed by atoms with Gasteiger partial charge < -0.3 is 10.3 Å². The topological polar surface area (TPSA) is 48.8 Å². The summed E-state index contributed by atoms with van der Waals surface area (Å²) in [4.78, 5) is 0. The third-order valence-electron chi connectivity index (χ3n) is 3.92. The summed E-state index contributed by atoms with van der Waals surface area (Å²) < 4.78 is 5.34. The number of para-hydroxylation sites is 1. The van der Waals surface area contributed by atoms with Crippen molar-refractivity contribution in [3.63, 3.8) is 0 Å². The van der Waals surface area contributed by atoms with Crippen LogP contribution in [0.4, 0.5) is 0 Å². The zero-order chi connectivity index (χ0) is 15.0. The highest BCUT2D eigenvalue weighted by atomic mass is 79.9. The number of aryl methyl sites for hydroxylation is 2. The summed E-state index contributed by atoms with van der Waals surface area (Å²) in [5.41, 5.74) is 10.5. The van der Waals surface area contributed by atoms with Crippen molar-refractivity contribution in [2.24, 2.45) is 12.8 Å². The van der Waals surface area contributed by atoms with Gasteiger partial charge in [-0.15, -0.1) is 0 Å². The first-order chi connectivity index (χ1) is 10.2. The van der Waals surface area contributed by atoms with E-state index in [0.717, 1.165) is 28.8 Å². The molecule has 3 rings (SSSR count). The van der Waals surface area contributed by atoms with Gasteiger partial charge in [0.25, 0.3) is 0 Å². The summed E-state index contributed by atoms with van der Waals surface area (Å²) in [5.74, 6) is 0. The Morgan fingerprint density at radius 2 is 2.05 bits per heavy atom. The molecule has 0 fully saturated rings. The number of rotatable bonds is 4. The van der Waals surface area contributed by atoms with Crippen molar-refractivity contribution in [1.29, 1.82) is 0 Å². The Kier molecular flexibility index (Phi) is 3.87. The van der Waals surface area contributed by atoms with E-state index in [-0.39, 0.29) is 0 Å². The van der Waals surface area contributed by atoms with Crippen LogP contribution in [0.1, 0.15) is 24.0 Å². The minimum atomic E-state index is 0.533. The number of fused-ring (bicyclic) bond motifs is 1. The molecule has 0 bridgehead atoms. The molecule has 21 heavy (non-hydrogen) atoms. The first-order valence-electron chi connectivity index (χ1n) is 7.13. The highest BCUT2D eigenvalue weighted by Gasteiger charge is 2.15. The standard InChI is InChI=1S/C16H19BrN4/c1-3-13-16(17)15(20(2)19-13)10-21-12(9-18)8-11-6-4-5-7-14(11)21/h4-8H,3,9-10,18H2,1-2H3. The second kappa shape index (κ2) is 5.66. The molecule has 4 nitrogen and oxygen atoms in total. The Hall–Kier alpha value is -1.59. The van der Waals surface area contributed by atoms with Crippen molar-refractivity contribution in [2.45, 2.75) is 26.4 Å².